The quantitative estimate of drug-likeness (QED) is 0.457. The third kappa shape index (κ3) is 0.669. The van der Waals surface area contributed by atoms with Crippen LogP contribution in [0.2, 0.25) is 0 Å². The van der Waals surface area contributed by atoms with Gasteiger partial charge in [0.25, 0.3) is 0 Å². The summed E-state index contributed by atoms with van der Waals surface area (Å²) in [5, 5.41) is 0. The molecule has 3 unspecified atom stereocenters. The summed E-state index contributed by atoms with van der Waals surface area (Å²) in [6.07, 6.45) is 0.982. The molecule has 3 nitrogen and oxygen atoms in total. The second kappa shape index (κ2) is 1.95. The fraction of sp³-hybridized carbons (Fsp3) is 0.857. The first-order chi connectivity index (χ1) is 4.79. The number of hydrogen-bond donors (Lipinski definition) is 0. The maximum absolute atomic E-state index is 10.9. The summed E-state index contributed by atoms with van der Waals surface area (Å²) >= 11 is 0. The zero-order valence-electron chi connectivity index (χ0n) is 5.87. The standard InChI is InChI=1S/C7H10O3/c1-4-6-5(2-3-9-6)10-7(4)8/h4-6H,2-3H2,1H3. The van der Waals surface area contributed by atoms with Crippen molar-refractivity contribution >= 4 is 5.97 Å². The molecule has 2 aliphatic rings. The lowest BCUT2D eigenvalue weighted by Gasteiger charge is -2.06. The topological polar surface area (TPSA) is 35.5 Å². The Morgan fingerprint density at radius 1 is 1.60 bits per heavy atom. The number of carbonyl (C=O) groups excluding carboxylic acids is 1. The Balaban J connectivity index is 2.16. The number of rotatable bonds is 0. The number of fused-ring (bicyclic) bond motifs is 1. The van der Waals surface area contributed by atoms with E-state index in [1.54, 1.807) is 0 Å². The number of ether oxygens (including phenoxy) is 2. The first-order valence-corrected chi connectivity index (χ1v) is 3.61. The molecule has 2 fully saturated rings. The van der Waals surface area contributed by atoms with E-state index in [0.29, 0.717) is 0 Å². The van der Waals surface area contributed by atoms with Crippen molar-refractivity contribution < 1.29 is 14.3 Å². The number of esters is 1. The Hall–Kier alpha value is -0.570. The second-order valence-corrected chi connectivity index (χ2v) is 2.89. The lowest BCUT2D eigenvalue weighted by molar-refractivity contribution is -0.144. The highest BCUT2D eigenvalue weighted by Crippen LogP contribution is 2.30. The van der Waals surface area contributed by atoms with Crippen LogP contribution in [0.4, 0.5) is 0 Å². The molecule has 0 bridgehead atoms. The molecule has 3 atom stereocenters. The largest absolute Gasteiger partial charge is 0.459 e. The molecule has 0 amide bonds. The molecule has 10 heavy (non-hydrogen) atoms. The van der Waals surface area contributed by atoms with Crippen LogP contribution < -0.4 is 0 Å². The summed E-state index contributed by atoms with van der Waals surface area (Å²) in [4.78, 5) is 10.9. The van der Waals surface area contributed by atoms with Crippen molar-refractivity contribution in [3.05, 3.63) is 0 Å². The molecule has 0 radical (unpaired) electrons. The highest BCUT2D eigenvalue weighted by atomic mass is 16.6. The van der Waals surface area contributed by atoms with Crippen LogP contribution >= 0.6 is 0 Å². The average Bonchev–Trinajstić information content (AvgIpc) is 2.41. The Labute approximate surface area is 59.3 Å². The molecule has 0 aromatic rings. The van der Waals surface area contributed by atoms with Crippen LogP contribution in [0, 0.1) is 5.92 Å². The maximum atomic E-state index is 10.9. The monoisotopic (exact) mass is 142 g/mol. The molecule has 0 aromatic carbocycles. The van der Waals surface area contributed by atoms with Crippen LogP contribution in [0.25, 0.3) is 0 Å². The van der Waals surface area contributed by atoms with E-state index < -0.39 is 0 Å². The van der Waals surface area contributed by atoms with Crippen LogP contribution in [-0.2, 0) is 14.3 Å². The van der Waals surface area contributed by atoms with Gasteiger partial charge in [0.15, 0.2) is 0 Å². The summed E-state index contributed by atoms with van der Waals surface area (Å²) in [5.41, 5.74) is 0. The van der Waals surface area contributed by atoms with Gasteiger partial charge in [0, 0.05) is 6.42 Å². The summed E-state index contributed by atoms with van der Waals surface area (Å²) in [7, 11) is 0. The van der Waals surface area contributed by atoms with Gasteiger partial charge in [-0.3, -0.25) is 4.79 Å². The molecule has 0 saturated carbocycles. The Morgan fingerprint density at radius 2 is 2.40 bits per heavy atom. The molecule has 2 rings (SSSR count). The van der Waals surface area contributed by atoms with Crippen molar-refractivity contribution in [2.24, 2.45) is 5.92 Å². The highest BCUT2D eigenvalue weighted by Gasteiger charge is 2.45. The van der Waals surface area contributed by atoms with E-state index in [-0.39, 0.29) is 24.1 Å². The van der Waals surface area contributed by atoms with Crippen LogP contribution in [0.1, 0.15) is 13.3 Å². The summed E-state index contributed by atoms with van der Waals surface area (Å²) in [6, 6.07) is 0. The summed E-state index contributed by atoms with van der Waals surface area (Å²) in [5.74, 6) is -0.151. The summed E-state index contributed by atoms with van der Waals surface area (Å²) < 4.78 is 10.3. The van der Waals surface area contributed by atoms with Crippen molar-refractivity contribution in [3.63, 3.8) is 0 Å². The molecule has 2 heterocycles. The van der Waals surface area contributed by atoms with E-state index in [4.69, 9.17) is 9.47 Å². The van der Waals surface area contributed by atoms with Gasteiger partial charge in [0.2, 0.25) is 0 Å². The van der Waals surface area contributed by atoms with Crippen molar-refractivity contribution in [1.82, 2.24) is 0 Å². The van der Waals surface area contributed by atoms with Gasteiger partial charge in [-0.1, -0.05) is 0 Å². The van der Waals surface area contributed by atoms with Crippen molar-refractivity contribution in [3.8, 4) is 0 Å². The third-order valence-corrected chi connectivity index (χ3v) is 2.21. The smallest absolute Gasteiger partial charge is 0.311 e. The number of carbonyl (C=O) groups is 1. The van der Waals surface area contributed by atoms with Crippen LogP contribution in [0.3, 0.4) is 0 Å². The second-order valence-electron chi connectivity index (χ2n) is 2.89. The molecule has 0 aromatic heterocycles. The Bertz CT molecular complexity index is 166. The first kappa shape index (κ1) is 6.16. The van der Waals surface area contributed by atoms with Gasteiger partial charge in [0.05, 0.1) is 12.5 Å². The van der Waals surface area contributed by atoms with E-state index in [1.807, 2.05) is 6.92 Å². The lowest BCUT2D eigenvalue weighted by Crippen LogP contribution is -2.20. The molecule has 2 saturated heterocycles. The normalized spacial score (nSPS) is 45.3. The maximum Gasteiger partial charge on any atom is 0.311 e. The minimum absolute atomic E-state index is 0.0486. The zero-order valence-corrected chi connectivity index (χ0v) is 5.87. The minimum atomic E-state index is -0.102. The van der Waals surface area contributed by atoms with Crippen LogP contribution in [0.15, 0.2) is 0 Å². The average molecular weight is 142 g/mol. The molecule has 0 aliphatic carbocycles. The van der Waals surface area contributed by atoms with E-state index in [9.17, 15) is 4.79 Å². The number of hydrogen-bond acceptors (Lipinski definition) is 3. The molecular weight excluding hydrogens is 132 g/mol. The Kier molecular flexibility index (Phi) is 1.20. The zero-order chi connectivity index (χ0) is 7.14. The first-order valence-electron chi connectivity index (χ1n) is 3.61. The molecule has 0 N–H and O–H groups in total. The van der Waals surface area contributed by atoms with Crippen LogP contribution in [-0.4, -0.2) is 24.8 Å². The fourth-order valence-corrected chi connectivity index (χ4v) is 1.57. The van der Waals surface area contributed by atoms with Crippen LogP contribution in [0.5, 0.6) is 0 Å². The van der Waals surface area contributed by atoms with E-state index in [2.05, 4.69) is 0 Å². The SMILES string of the molecule is CC1C(=O)OC2CCOC21. The van der Waals surface area contributed by atoms with Gasteiger partial charge >= 0.3 is 5.97 Å². The van der Waals surface area contributed by atoms with Gasteiger partial charge in [-0.25, -0.2) is 0 Å². The van der Waals surface area contributed by atoms with Gasteiger partial charge in [0.1, 0.15) is 12.2 Å². The van der Waals surface area contributed by atoms with E-state index in [1.165, 1.54) is 0 Å². The molecular formula is C7H10O3. The van der Waals surface area contributed by atoms with E-state index >= 15 is 0 Å². The molecule has 3 heteroatoms. The third-order valence-electron chi connectivity index (χ3n) is 2.21. The predicted molar refractivity (Wildman–Crippen MR) is 33.4 cm³/mol. The highest BCUT2D eigenvalue weighted by molar-refractivity contribution is 5.75. The van der Waals surface area contributed by atoms with Gasteiger partial charge in [-0.05, 0) is 6.92 Å². The van der Waals surface area contributed by atoms with Crippen molar-refractivity contribution in [2.45, 2.75) is 25.6 Å². The van der Waals surface area contributed by atoms with Gasteiger partial charge < -0.3 is 9.47 Å². The summed E-state index contributed by atoms with van der Waals surface area (Å²) in [6.45, 7) is 2.60. The Morgan fingerprint density at radius 3 is 3.10 bits per heavy atom. The predicted octanol–water partition coefficient (Wildman–Crippen LogP) is 0.337. The fourth-order valence-electron chi connectivity index (χ4n) is 1.57. The minimum Gasteiger partial charge on any atom is -0.459 e. The van der Waals surface area contributed by atoms with Crippen molar-refractivity contribution in [2.75, 3.05) is 6.61 Å². The molecule has 56 valence electrons. The van der Waals surface area contributed by atoms with E-state index in [0.717, 1.165) is 13.0 Å². The molecule has 0 spiro atoms. The van der Waals surface area contributed by atoms with Crippen molar-refractivity contribution in [1.29, 1.82) is 0 Å². The molecule has 2 aliphatic heterocycles. The van der Waals surface area contributed by atoms with Gasteiger partial charge in [-0.2, -0.15) is 0 Å². The lowest BCUT2D eigenvalue weighted by atomic mass is 10.0. The van der Waals surface area contributed by atoms with Gasteiger partial charge in [-0.15, -0.1) is 0 Å².